The molecule has 1 fully saturated rings. The molecule has 1 saturated heterocycles. The summed E-state index contributed by atoms with van der Waals surface area (Å²) in [5.74, 6) is -0.333. The van der Waals surface area contributed by atoms with Crippen molar-refractivity contribution in [1.29, 1.82) is 0 Å². The number of rotatable bonds is 5. The zero-order valence-corrected chi connectivity index (χ0v) is 14.9. The summed E-state index contributed by atoms with van der Waals surface area (Å²) in [5.41, 5.74) is 1.06. The second-order valence-corrected chi connectivity index (χ2v) is 6.43. The SMILES string of the molecule is C[C@H](Oc1cccc(N2CCCC2=O)c1)C(=O)Nc1ccc(F)cc1Cl. The van der Waals surface area contributed by atoms with Crippen molar-refractivity contribution in [2.24, 2.45) is 0 Å². The lowest BCUT2D eigenvalue weighted by molar-refractivity contribution is -0.122. The Hall–Kier alpha value is -2.60. The molecule has 3 rings (SSSR count). The molecule has 26 heavy (non-hydrogen) atoms. The number of amides is 2. The number of carbonyl (C=O) groups is 2. The lowest BCUT2D eigenvalue weighted by Crippen LogP contribution is -2.30. The van der Waals surface area contributed by atoms with E-state index in [1.807, 2.05) is 6.07 Å². The fraction of sp³-hybridized carbons (Fsp3) is 0.263. The number of anilines is 2. The summed E-state index contributed by atoms with van der Waals surface area (Å²) >= 11 is 5.91. The van der Waals surface area contributed by atoms with E-state index in [1.54, 1.807) is 30.0 Å². The van der Waals surface area contributed by atoms with Gasteiger partial charge in [-0.2, -0.15) is 0 Å². The highest BCUT2D eigenvalue weighted by molar-refractivity contribution is 6.33. The second kappa shape index (κ2) is 7.74. The van der Waals surface area contributed by atoms with Gasteiger partial charge in [0.05, 0.1) is 10.7 Å². The number of hydrogen-bond donors (Lipinski definition) is 1. The Balaban J connectivity index is 1.66. The predicted octanol–water partition coefficient (Wildman–Crippen LogP) is 4.01. The minimum atomic E-state index is -0.805. The first-order chi connectivity index (χ1) is 12.4. The Kier molecular flexibility index (Phi) is 5.42. The van der Waals surface area contributed by atoms with Gasteiger partial charge < -0.3 is 15.0 Å². The van der Waals surface area contributed by atoms with Gasteiger partial charge in [0.15, 0.2) is 6.10 Å². The predicted molar refractivity (Wildman–Crippen MR) is 98.2 cm³/mol. The first kappa shape index (κ1) is 18.2. The van der Waals surface area contributed by atoms with Crippen LogP contribution in [0, 0.1) is 5.82 Å². The highest BCUT2D eigenvalue weighted by Crippen LogP contribution is 2.26. The Labute approximate surface area is 155 Å². The quantitative estimate of drug-likeness (QED) is 0.857. The molecule has 1 atom stereocenters. The number of hydrogen-bond acceptors (Lipinski definition) is 3. The van der Waals surface area contributed by atoms with Gasteiger partial charge in [0.1, 0.15) is 11.6 Å². The summed E-state index contributed by atoms with van der Waals surface area (Å²) in [6.07, 6.45) is 0.573. The van der Waals surface area contributed by atoms with Gasteiger partial charge in [-0.3, -0.25) is 9.59 Å². The van der Waals surface area contributed by atoms with E-state index in [4.69, 9.17) is 16.3 Å². The van der Waals surface area contributed by atoms with Crippen LogP contribution in [0.1, 0.15) is 19.8 Å². The molecule has 5 nitrogen and oxygen atoms in total. The van der Waals surface area contributed by atoms with Crippen molar-refractivity contribution in [3.8, 4) is 5.75 Å². The van der Waals surface area contributed by atoms with E-state index in [0.29, 0.717) is 24.4 Å². The molecule has 1 aliphatic rings. The van der Waals surface area contributed by atoms with Crippen LogP contribution in [-0.2, 0) is 9.59 Å². The molecule has 1 aliphatic heterocycles. The van der Waals surface area contributed by atoms with Crippen molar-refractivity contribution in [3.05, 3.63) is 53.3 Å². The first-order valence-corrected chi connectivity index (χ1v) is 8.65. The van der Waals surface area contributed by atoms with Crippen molar-refractivity contribution in [2.45, 2.75) is 25.9 Å². The molecule has 2 amide bonds. The highest BCUT2D eigenvalue weighted by atomic mass is 35.5. The molecule has 2 aromatic carbocycles. The monoisotopic (exact) mass is 376 g/mol. The molecule has 7 heteroatoms. The zero-order chi connectivity index (χ0) is 18.7. The molecule has 0 spiro atoms. The van der Waals surface area contributed by atoms with Gasteiger partial charge in [-0.1, -0.05) is 17.7 Å². The molecule has 1 N–H and O–H groups in total. The molecular weight excluding hydrogens is 359 g/mol. The van der Waals surface area contributed by atoms with E-state index >= 15 is 0 Å². The number of nitrogens with zero attached hydrogens (tertiary/aromatic N) is 1. The van der Waals surface area contributed by atoms with Crippen LogP contribution in [0.4, 0.5) is 15.8 Å². The van der Waals surface area contributed by atoms with Crippen LogP contribution >= 0.6 is 11.6 Å². The summed E-state index contributed by atoms with van der Waals surface area (Å²) in [6.45, 7) is 2.28. The van der Waals surface area contributed by atoms with Crippen molar-refractivity contribution in [2.75, 3.05) is 16.8 Å². The maximum Gasteiger partial charge on any atom is 0.265 e. The van der Waals surface area contributed by atoms with Crippen LogP contribution in [0.2, 0.25) is 5.02 Å². The maximum atomic E-state index is 13.1. The molecule has 0 aliphatic carbocycles. The number of halogens is 2. The van der Waals surface area contributed by atoms with Gasteiger partial charge in [0.25, 0.3) is 5.91 Å². The molecule has 0 bridgehead atoms. The average Bonchev–Trinajstić information content (AvgIpc) is 3.03. The van der Waals surface area contributed by atoms with Crippen molar-refractivity contribution in [1.82, 2.24) is 0 Å². The topological polar surface area (TPSA) is 58.6 Å². The Morgan fingerprint density at radius 3 is 2.81 bits per heavy atom. The minimum absolute atomic E-state index is 0.0823. The minimum Gasteiger partial charge on any atom is -0.481 e. The number of carbonyl (C=O) groups excluding carboxylic acids is 2. The third-order valence-electron chi connectivity index (χ3n) is 4.07. The lowest BCUT2D eigenvalue weighted by Gasteiger charge is -2.19. The number of nitrogens with one attached hydrogen (secondary N) is 1. The molecule has 136 valence electrons. The smallest absolute Gasteiger partial charge is 0.265 e. The third-order valence-corrected chi connectivity index (χ3v) is 4.39. The van der Waals surface area contributed by atoms with E-state index in [-0.39, 0.29) is 10.9 Å². The van der Waals surface area contributed by atoms with Crippen LogP contribution in [-0.4, -0.2) is 24.5 Å². The standard InChI is InChI=1S/C19H18ClFN2O3/c1-12(19(25)22-17-8-7-13(21)10-16(17)20)26-15-5-2-4-14(11-15)23-9-3-6-18(23)24/h2,4-5,7-8,10-12H,3,6,9H2,1H3,(H,22,25)/t12-/m0/s1. The Bertz CT molecular complexity index is 843. The van der Waals surface area contributed by atoms with E-state index in [9.17, 15) is 14.0 Å². The summed E-state index contributed by atoms with van der Waals surface area (Å²) in [5, 5.41) is 2.72. The van der Waals surface area contributed by atoms with Crippen molar-refractivity contribution in [3.63, 3.8) is 0 Å². The van der Waals surface area contributed by atoms with Gasteiger partial charge in [-0.05, 0) is 43.7 Å². The molecule has 0 unspecified atom stereocenters. The summed E-state index contributed by atoms with van der Waals surface area (Å²) in [6, 6.07) is 10.8. The van der Waals surface area contributed by atoms with Crippen LogP contribution in [0.15, 0.2) is 42.5 Å². The first-order valence-electron chi connectivity index (χ1n) is 8.27. The summed E-state index contributed by atoms with van der Waals surface area (Å²) < 4.78 is 18.8. The van der Waals surface area contributed by atoms with Crippen LogP contribution in [0.5, 0.6) is 5.75 Å². The zero-order valence-electron chi connectivity index (χ0n) is 14.2. The molecule has 1 heterocycles. The van der Waals surface area contributed by atoms with Crippen LogP contribution < -0.4 is 15.0 Å². The Morgan fingerprint density at radius 2 is 2.12 bits per heavy atom. The summed E-state index contributed by atoms with van der Waals surface area (Å²) in [4.78, 5) is 25.9. The average molecular weight is 377 g/mol. The molecular formula is C19H18ClFN2O3. The van der Waals surface area contributed by atoms with Gasteiger partial charge in [0.2, 0.25) is 5.91 Å². The van der Waals surface area contributed by atoms with Crippen molar-refractivity contribution < 1.29 is 18.7 Å². The van der Waals surface area contributed by atoms with Crippen LogP contribution in [0.25, 0.3) is 0 Å². The van der Waals surface area contributed by atoms with Crippen molar-refractivity contribution >= 4 is 34.8 Å². The maximum absolute atomic E-state index is 13.1. The third kappa shape index (κ3) is 4.14. The van der Waals surface area contributed by atoms with Gasteiger partial charge >= 0.3 is 0 Å². The molecule has 0 aromatic heterocycles. The molecule has 2 aromatic rings. The van der Waals surface area contributed by atoms with E-state index < -0.39 is 17.8 Å². The molecule has 0 saturated carbocycles. The molecule has 0 radical (unpaired) electrons. The van der Waals surface area contributed by atoms with Gasteiger partial charge in [-0.15, -0.1) is 0 Å². The summed E-state index contributed by atoms with van der Waals surface area (Å²) in [7, 11) is 0. The van der Waals surface area contributed by atoms with E-state index in [2.05, 4.69) is 5.32 Å². The van der Waals surface area contributed by atoms with Gasteiger partial charge in [-0.25, -0.2) is 4.39 Å². The lowest BCUT2D eigenvalue weighted by atomic mass is 10.2. The number of benzene rings is 2. The van der Waals surface area contributed by atoms with E-state index in [1.165, 1.54) is 12.1 Å². The second-order valence-electron chi connectivity index (χ2n) is 6.02. The van der Waals surface area contributed by atoms with Gasteiger partial charge in [0, 0.05) is 24.7 Å². The largest absolute Gasteiger partial charge is 0.481 e. The van der Waals surface area contributed by atoms with E-state index in [0.717, 1.165) is 18.2 Å². The Morgan fingerprint density at radius 1 is 1.31 bits per heavy atom. The fourth-order valence-electron chi connectivity index (χ4n) is 2.73. The van der Waals surface area contributed by atoms with Crippen LogP contribution in [0.3, 0.4) is 0 Å². The normalized spacial score (nSPS) is 15.0. The fourth-order valence-corrected chi connectivity index (χ4v) is 2.94. The number of ether oxygens (including phenoxy) is 1. The highest BCUT2D eigenvalue weighted by Gasteiger charge is 2.22.